The van der Waals surface area contributed by atoms with E-state index in [1.54, 1.807) is 6.07 Å². The molecule has 0 aromatic carbocycles. The zero-order valence-corrected chi connectivity index (χ0v) is 7.36. The minimum absolute atomic E-state index is 0.524. The first-order valence-corrected chi connectivity index (χ1v) is 3.69. The SMILES string of the molecule is [B]c1cc(=S)nc(I)[nH]1. The molecule has 0 aliphatic heterocycles. The molecule has 9 heavy (non-hydrogen) atoms. The Bertz CT molecular complexity index is 248. The molecule has 0 bridgehead atoms. The number of hydrogen-bond acceptors (Lipinski definition) is 2. The Hall–Kier alpha value is 0.0949. The number of halogens is 1. The van der Waals surface area contributed by atoms with E-state index in [2.05, 4.69) is 9.97 Å². The number of nitrogens with zero attached hydrogens (tertiary/aromatic N) is 1. The summed E-state index contributed by atoms with van der Waals surface area (Å²) in [7, 11) is 5.39. The molecular weight excluding hydrogens is 246 g/mol. The molecule has 0 fully saturated rings. The number of aromatic nitrogens is 2. The van der Waals surface area contributed by atoms with Crippen LogP contribution in [0.5, 0.6) is 0 Å². The molecule has 0 amide bonds. The van der Waals surface area contributed by atoms with Crippen molar-refractivity contribution < 1.29 is 0 Å². The van der Waals surface area contributed by atoms with Crippen molar-refractivity contribution in [2.45, 2.75) is 0 Å². The second kappa shape index (κ2) is 2.79. The normalized spacial score (nSPS) is 9.44. The Morgan fingerprint density at radius 3 is 2.89 bits per heavy atom. The van der Waals surface area contributed by atoms with E-state index in [4.69, 9.17) is 20.1 Å². The van der Waals surface area contributed by atoms with Crippen molar-refractivity contribution in [3.8, 4) is 0 Å². The molecule has 5 heteroatoms. The van der Waals surface area contributed by atoms with E-state index >= 15 is 0 Å². The smallest absolute Gasteiger partial charge is 0.169 e. The van der Waals surface area contributed by atoms with Gasteiger partial charge in [0.15, 0.2) is 3.83 Å². The number of aromatic amines is 1. The molecule has 0 aliphatic carbocycles. The highest BCUT2D eigenvalue weighted by Gasteiger charge is 1.87. The highest BCUT2D eigenvalue weighted by Crippen LogP contribution is 1.90. The third kappa shape index (κ3) is 2.06. The molecule has 44 valence electrons. The van der Waals surface area contributed by atoms with Crippen molar-refractivity contribution in [2.75, 3.05) is 0 Å². The van der Waals surface area contributed by atoms with Gasteiger partial charge in [0.25, 0.3) is 0 Å². The lowest BCUT2D eigenvalue weighted by Crippen LogP contribution is -2.10. The summed E-state index contributed by atoms with van der Waals surface area (Å²) in [5.74, 6) is 0. The van der Waals surface area contributed by atoms with Crippen molar-refractivity contribution in [2.24, 2.45) is 0 Å². The third-order valence-electron chi connectivity index (χ3n) is 0.735. The van der Waals surface area contributed by atoms with Crippen LogP contribution >= 0.6 is 34.8 Å². The monoisotopic (exact) mass is 248 g/mol. The summed E-state index contributed by atoms with van der Waals surface area (Å²) in [5.41, 5.74) is 0.555. The van der Waals surface area contributed by atoms with E-state index in [1.165, 1.54) is 0 Å². The molecule has 0 saturated carbocycles. The van der Waals surface area contributed by atoms with Gasteiger partial charge in [-0.3, -0.25) is 0 Å². The standard InChI is InChI=1S/C4H2BIN2S/c5-2-1-3(9)8-4(6)7-2/h1H,(H,7,8,9). The third-order valence-corrected chi connectivity index (χ3v) is 1.45. The fraction of sp³-hybridized carbons (Fsp3) is 0. The van der Waals surface area contributed by atoms with Gasteiger partial charge in [-0.05, 0) is 34.3 Å². The van der Waals surface area contributed by atoms with Gasteiger partial charge < -0.3 is 4.98 Å². The minimum Gasteiger partial charge on any atom is -0.349 e. The van der Waals surface area contributed by atoms with Gasteiger partial charge in [0.2, 0.25) is 0 Å². The molecule has 1 aromatic heterocycles. The number of rotatable bonds is 0. The maximum atomic E-state index is 5.39. The molecule has 1 N–H and O–H groups in total. The molecule has 0 saturated heterocycles. The fourth-order valence-electron chi connectivity index (χ4n) is 0.445. The Morgan fingerprint density at radius 1 is 1.78 bits per heavy atom. The lowest BCUT2D eigenvalue weighted by molar-refractivity contribution is 1.12. The van der Waals surface area contributed by atoms with Gasteiger partial charge in [-0.1, -0.05) is 12.2 Å². The van der Waals surface area contributed by atoms with Crippen LogP contribution < -0.4 is 5.59 Å². The molecule has 0 aliphatic rings. The van der Waals surface area contributed by atoms with Crippen LogP contribution in [0.15, 0.2) is 6.07 Å². The van der Waals surface area contributed by atoms with Gasteiger partial charge in [-0.15, -0.1) is 0 Å². The quantitative estimate of drug-likeness (QED) is 0.314. The van der Waals surface area contributed by atoms with Crippen molar-refractivity contribution >= 4 is 48.2 Å². The molecule has 1 rings (SSSR count). The average molecular weight is 248 g/mol. The average Bonchev–Trinajstić information content (AvgIpc) is 1.59. The Labute approximate surface area is 72.6 Å². The predicted octanol–water partition coefficient (Wildman–Crippen LogP) is 0.538. The Morgan fingerprint density at radius 2 is 2.44 bits per heavy atom. The van der Waals surface area contributed by atoms with Crippen molar-refractivity contribution in [1.29, 1.82) is 0 Å². The van der Waals surface area contributed by atoms with Gasteiger partial charge in [0, 0.05) is 0 Å². The maximum absolute atomic E-state index is 5.39. The highest BCUT2D eigenvalue weighted by molar-refractivity contribution is 14.1. The molecule has 0 spiro atoms. The topological polar surface area (TPSA) is 28.7 Å². The van der Waals surface area contributed by atoms with Gasteiger partial charge >= 0.3 is 0 Å². The van der Waals surface area contributed by atoms with Gasteiger partial charge in [0.1, 0.15) is 12.5 Å². The zero-order chi connectivity index (χ0) is 6.85. The van der Waals surface area contributed by atoms with E-state index in [0.29, 0.717) is 10.2 Å². The summed E-state index contributed by atoms with van der Waals surface area (Å²) in [6.07, 6.45) is 0. The number of hydrogen-bond donors (Lipinski definition) is 1. The first-order valence-electron chi connectivity index (χ1n) is 2.21. The highest BCUT2D eigenvalue weighted by atomic mass is 127. The molecule has 2 radical (unpaired) electrons. The fourth-order valence-corrected chi connectivity index (χ4v) is 1.40. The lowest BCUT2D eigenvalue weighted by Gasteiger charge is -1.92. The summed E-state index contributed by atoms with van der Waals surface area (Å²) in [6.45, 7) is 0. The first-order chi connectivity index (χ1) is 4.18. The second-order valence-corrected chi connectivity index (χ2v) is 2.91. The Balaban J connectivity index is 3.33. The van der Waals surface area contributed by atoms with Crippen LogP contribution in [0.4, 0.5) is 0 Å². The summed E-state index contributed by atoms with van der Waals surface area (Å²) < 4.78 is 1.24. The van der Waals surface area contributed by atoms with Gasteiger partial charge in [-0.25, -0.2) is 4.98 Å². The molecular formula is C4H2BIN2S. The van der Waals surface area contributed by atoms with Crippen LogP contribution in [0.1, 0.15) is 0 Å². The number of nitrogens with one attached hydrogen (secondary N) is 1. The van der Waals surface area contributed by atoms with Crippen LogP contribution in [0.2, 0.25) is 0 Å². The summed E-state index contributed by atoms with van der Waals surface area (Å²) in [6, 6.07) is 1.61. The first kappa shape index (κ1) is 7.20. The predicted molar refractivity (Wildman–Crippen MR) is 47.5 cm³/mol. The van der Waals surface area contributed by atoms with Gasteiger partial charge in [0.05, 0.1) is 0 Å². The van der Waals surface area contributed by atoms with Crippen molar-refractivity contribution in [3.63, 3.8) is 0 Å². The minimum atomic E-state index is 0.524. The number of H-pyrrole nitrogens is 1. The van der Waals surface area contributed by atoms with Crippen LogP contribution in [-0.4, -0.2) is 17.8 Å². The van der Waals surface area contributed by atoms with E-state index < -0.39 is 0 Å². The summed E-state index contributed by atoms with van der Waals surface area (Å²) in [4.78, 5) is 6.70. The van der Waals surface area contributed by atoms with E-state index in [9.17, 15) is 0 Å². The lowest BCUT2D eigenvalue weighted by atomic mass is 10.1. The van der Waals surface area contributed by atoms with Crippen LogP contribution in [0.25, 0.3) is 0 Å². The van der Waals surface area contributed by atoms with Crippen LogP contribution in [-0.2, 0) is 0 Å². The van der Waals surface area contributed by atoms with Crippen LogP contribution in [0, 0.1) is 8.47 Å². The van der Waals surface area contributed by atoms with E-state index in [0.717, 1.165) is 3.83 Å². The molecule has 0 atom stereocenters. The van der Waals surface area contributed by atoms with Crippen molar-refractivity contribution in [3.05, 3.63) is 14.5 Å². The van der Waals surface area contributed by atoms with Crippen molar-refractivity contribution in [1.82, 2.24) is 9.97 Å². The molecule has 2 nitrogen and oxygen atoms in total. The molecule has 0 unspecified atom stereocenters. The molecule has 1 heterocycles. The van der Waals surface area contributed by atoms with E-state index in [1.807, 2.05) is 22.6 Å². The largest absolute Gasteiger partial charge is 0.349 e. The second-order valence-electron chi connectivity index (χ2n) is 1.47. The maximum Gasteiger partial charge on any atom is 0.169 e. The van der Waals surface area contributed by atoms with Gasteiger partial charge in [-0.2, -0.15) is 0 Å². The zero-order valence-electron chi connectivity index (χ0n) is 4.39. The Kier molecular flexibility index (Phi) is 2.23. The van der Waals surface area contributed by atoms with E-state index in [-0.39, 0.29) is 0 Å². The summed E-state index contributed by atoms with van der Waals surface area (Å²) >= 11 is 6.79. The van der Waals surface area contributed by atoms with Crippen LogP contribution in [0.3, 0.4) is 0 Å². The molecule has 1 aromatic rings. The summed E-state index contributed by atoms with van der Waals surface area (Å²) in [5, 5.41) is 0.